The summed E-state index contributed by atoms with van der Waals surface area (Å²) < 4.78 is 35.5. The number of aromatic nitrogens is 3. The lowest BCUT2D eigenvalue weighted by atomic mass is 10.2. The highest BCUT2D eigenvalue weighted by Crippen LogP contribution is 2.36. The van der Waals surface area contributed by atoms with E-state index >= 15 is 0 Å². The Kier molecular flexibility index (Phi) is 7.25. The highest BCUT2D eigenvalue weighted by Gasteiger charge is 2.21. The number of hydrogen-bond donors (Lipinski definition) is 3. The van der Waals surface area contributed by atoms with Crippen LogP contribution in [-0.4, -0.2) is 42.2 Å². The van der Waals surface area contributed by atoms with Gasteiger partial charge in [0.1, 0.15) is 10.1 Å². The predicted octanol–water partition coefficient (Wildman–Crippen LogP) is 4.82. The minimum absolute atomic E-state index is 0.144. The molecule has 0 spiro atoms. The van der Waals surface area contributed by atoms with Crippen molar-refractivity contribution < 1.29 is 13.2 Å². The third-order valence-corrected chi connectivity index (χ3v) is 7.08. The summed E-state index contributed by atoms with van der Waals surface area (Å²) in [6, 6.07) is 10.3. The number of anilines is 2. The minimum atomic E-state index is -4.05. The van der Waals surface area contributed by atoms with Crippen LogP contribution in [0.3, 0.4) is 0 Å². The van der Waals surface area contributed by atoms with Crippen LogP contribution in [-0.2, 0) is 10.2 Å². The molecule has 0 amide bonds. The third kappa shape index (κ3) is 5.50. The Bertz CT molecular complexity index is 1370. The van der Waals surface area contributed by atoms with Crippen LogP contribution in [0.25, 0.3) is 10.9 Å². The molecule has 0 aliphatic carbocycles. The average Bonchev–Trinajstić information content (AvgIpc) is 3.39. The molecular formula is C20H20Cl2N6O3S2. The fourth-order valence-electron chi connectivity index (χ4n) is 3.05. The maximum atomic E-state index is 12.9. The van der Waals surface area contributed by atoms with Gasteiger partial charge in [-0.1, -0.05) is 47.5 Å². The second kappa shape index (κ2) is 10.1. The first-order valence-electron chi connectivity index (χ1n) is 9.91. The number of ether oxygens (including phenoxy) is 1. The van der Waals surface area contributed by atoms with E-state index in [1.165, 1.54) is 12.4 Å². The number of likely N-dealkylation sites (N-methyl/N-ethyl adjacent to an activating group) is 1. The summed E-state index contributed by atoms with van der Waals surface area (Å²) in [4.78, 5) is 3.93. The van der Waals surface area contributed by atoms with E-state index in [0.29, 0.717) is 38.3 Å². The molecule has 174 valence electrons. The highest BCUT2D eigenvalue weighted by molar-refractivity contribution is 7.91. The van der Waals surface area contributed by atoms with Gasteiger partial charge in [-0.05, 0) is 36.9 Å². The Labute approximate surface area is 204 Å². The molecule has 9 nitrogen and oxygen atoms in total. The van der Waals surface area contributed by atoms with Crippen molar-refractivity contribution in [3.05, 3.63) is 58.2 Å². The molecule has 0 atom stereocenters. The van der Waals surface area contributed by atoms with Gasteiger partial charge in [0.25, 0.3) is 0 Å². The Morgan fingerprint density at radius 1 is 1.12 bits per heavy atom. The summed E-state index contributed by atoms with van der Waals surface area (Å²) in [6.07, 6.45) is 2.81. The van der Waals surface area contributed by atoms with Crippen molar-refractivity contribution in [3.63, 3.8) is 0 Å². The molecule has 2 heterocycles. The van der Waals surface area contributed by atoms with Crippen molar-refractivity contribution in [1.82, 2.24) is 19.5 Å². The molecule has 3 N–H and O–H groups in total. The summed E-state index contributed by atoms with van der Waals surface area (Å²) in [7, 11) is -4.05. The molecule has 2 aromatic heterocycles. The van der Waals surface area contributed by atoms with E-state index in [1.807, 2.05) is 6.92 Å². The molecule has 2 aromatic carbocycles. The zero-order valence-corrected chi connectivity index (χ0v) is 20.5. The Morgan fingerprint density at radius 2 is 1.97 bits per heavy atom. The van der Waals surface area contributed by atoms with E-state index in [1.54, 1.807) is 36.4 Å². The maximum absolute atomic E-state index is 12.9. The molecule has 0 saturated heterocycles. The molecule has 4 rings (SSSR count). The van der Waals surface area contributed by atoms with Crippen LogP contribution in [0.1, 0.15) is 6.92 Å². The van der Waals surface area contributed by atoms with Crippen molar-refractivity contribution in [2.75, 3.05) is 29.7 Å². The monoisotopic (exact) mass is 526 g/mol. The molecule has 0 aliphatic heterocycles. The lowest BCUT2D eigenvalue weighted by molar-refractivity contribution is 0.490. The van der Waals surface area contributed by atoms with E-state index in [2.05, 4.69) is 25.4 Å². The Morgan fingerprint density at radius 3 is 2.73 bits per heavy atom. The molecule has 33 heavy (non-hydrogen) atoms. The van der Waals surface area contributed by atoms with Gasteiger partial charge < -0.3 is 15.4 Å². The first-order chi connectivity index (χ1) is 15.9. The van der Waals surface area contributed by atoms with E-state index in [4.69, 9.17) is 27.9 Å². The first kappa shape index (κ1) is 23.6. The quantitative estimate of drug-likeness (QED) is 0.254. The molecular weight excluding hydrogens is 507 g/mol. The Hall–Kier alpha value is -2.57. The second-order valence-electron chi connectivity index (χ2n) is 6.78. The molecule has 0 aliphatic rings. The number of benzene rings is 2. The average molecular weight is 527 g/mol. The van der Waals surface area contributed by atoms with Crippen molar-refractivity contribution in [2.45, 2.75) is 6.92 Å². The molecule has 0 fully saturated rings. The standard InChI is InChI=1S/C20H20Cl2N6O3S2/c1-2-23-8-9-24-15-10-13(21)6-7-18(15)31-17-5-3-4-16-14(17)11-26-28(16)33(29,30)27-20-25-12-19(22)32-20/h3-7,10-12,23-24H,2,8-9H2,1H3,(H,25,27). The van der Waals surface area contributed by atoms with E-state index in [0.717, 1.165) is 34.2 Å². The summed E-state index contributed by atoms with van der Waals surface area (Å²) in [5, 5.41) is 11.8. The highest BCUT2D eigenvalue weighted by atomic mass is 35.5. The largest absolute Gasteiger partial charge is 0.454 e. The van der Waals surface area contributed by atoms with Gasteiger partial charge in [0.05, 0.1) is 29.0 Å². The van der Waals surface area contributed by atoms with E-state index in [-0.39, 0.29) is 5.13 Å². The topological polar surface area (TPSA) is 110 Å². The van der Waals surface area contributed by atoms with Crippen molar-refractivity contribution in [1.29, 1.82) is 0 Å². The second-order valence-corrected chi connectivity index (χ2v) is 10.4. The number of nitrogens with zero attached hydrogens (tertiary/aromatic N) is 3. The lowest BCUT2D eigenvalue weighted by Gasteiger charge is -2.14. The van der Waals surface area contributed by atoms with Crippen LogP contribution in [0.2, 0.25) is 9.36 Å². The molecule has 0 bridgehead atoms. The van der Waals surface area contributed by atoms with Gasteiger partial charge in [-0.15, -0.1) is 4.09 Å². The zero-order chi connectivity index (χ0) is 23.4. The molecule has 13 heteroatoms. The van der Waals surface area contributed by atoms with Gasteiger partial charge in [0.15, 0.2) is 10.9 Å². The van der Waals surface area contributed by atoms with E-state index in [9.17, 15) is 8.42 Å². The molecule has 0 radical (unpaired) electrons. The summed E-state index contributed by atoms with van der Waals surface area (Å²) in [5.41, 5.74) is 1.07. The predicted molar refractivity (Wildman–Crippen MR) is 133 cm³/mol. The minimum Gasteiger partial charge on any atom is -0.454 e. The number of hydrogen-bond acceptors (Lipinski definition) is 8. The molecule has 4 aromatic rings. The number of rotatable bonds is 10. The van der Waals surface area contributed by atoms with Gasteiger partial charge in [-0.2, -0.15) is 13.5 Å². The van der Waals surface area contributed by atoms with Crippen LogP contribution >= 0.6 is 34.5 Å². The van der Waals surface area contributed by atoms with Crippen LogP contribution < -0.4 is 20.1 Å². The smallest absolute Gasteiger partial charge is 0.345 e. The van der Waals surface area contributed by atoms with E-state index < -0.39 is 10.2 Å². The summed E-state index contributed by atoms with van der Waals surface area (Å²) in [6.45, 7) is 4.37. The molecule has 0 unspecified atom stereocenters. The summed E-state index contributed by atoms with van der Waals surface area (Å²) in [5.74, 6) is 0.998. The van der Waals surface area contributed by atoms with Gasteiger partial charge in [0, 0.05) is 18.1 Å². The van der Waals surface area contributed by atoms with Gasteiger partial charge >= 0.3 is 10.2 Å². The molecule has 0 saturated carbocycles. The van der Waals surface area contributed by atoms with Crippen molar-refractivity contribution in [3.8, 4) is 11.5 Å². The number of halogens is 2. The summed E-state index contributed by atoms with van der Waals surface area (Å²) >= 11 is 13.0. The van der Waals surface area contributed by atoms with Crippen LogP contribution in [0, 0.1) is 0 Å². The van der Waals surface area contributed by atoms with Crippen LogP contribution in [0.5, 0.6) is 11.5 Å². The Balaban J connectivity index is 1.62. The number of fused-ring (bicyclic) bond motifs is 1. The third-order valence-electron chi connectivity index (χ3n) is 4.49. The number of thiazole rings is 1. The normalized spacial score (nSPS) is 11.6. The maximum Gasteiger partial charge on any atom is 0.345 e. The van der Waals surface area contributed by atoms with Crippen LogP contribution in [0.15, 0.2) is 48.8 Å². The van der Waals surface area contributed by atoms with Gasteiger partial charge in [-0.3, -0.25) is 0 Å². The fraction of sp³-hybridized carbons (Fsp3) is 0.200. The van der Waals surface area contributed by atoms with Gasteiger partial charge in [-0.25, -0.2) is 9.71 Å². The number of nitrogens with one attached hydrogen (secondary N) is 3. The zero-order valence-electron chi connectivity index (χ0n) is 17.4. The SMILES string of the molecule is CCNCCNc1cc(Cl)ccc1Oc1cccc2c1cnn2S(=O)(=O)Nc1ncc(Cl)s1. The van der Waals surface area contributed by atoms with Crippen molar-refractivity contribution in [2.24, 2.45) is 0 Å². The van der Waals surface area contributed by atoms with Crippen molar-refractivity contribution >= 4 is 66.5 Å². The van der Waals surface area contributed by atoms with Gasteiger partial charge in [0.2, 0.25) is 0 Å². The fourth-order valence-corrected chi connectivity index (χ4v) is 5.31. The first-order valence-corrected chi connectivity index (χ1v) is 12.9. The lowest BCUT2D eigenvalue weighted by Crippen LogP contribution is -2.22. The van der Waals surface area contributed by atoms with Crippen LogP contribution in [0.4, 0.5) is 10.8 Å².